The monoisotopic (exact) mass is 347 g/mol. The topological polar surface area (TPSA) is 84.7 Å². The Morgan fingerprint density at radius 1 is 1.25 bits per heavy atom. The summed E-state index contributed by atoms with van der Waals surface area (Å²) in [5.74, 6) is 0.0981. The number of thiophene rings is 1. The Labute approximate surface area is 145 Å². The third-order valence-electron chi connectivity index (χ3n) is 3.28. The van der Waals surface area contributed by atoms with Gasteiger partial charge in [-0.15, -0.1) is 11.3 Å². The second-order valence-corrected chi connectivity index (χ2v) is 6.24. The van der Waals surface area contributed by atoms with Crippen molar-refractivity contribution < 1.29 is 14.3 Å². The first kappa shape index (κ1) is 18.0. The van der Waals surface area contributed by atoms with Crippen molar-refractivity contribution in [1.82, 2.24) is 4.90 Å². The molecule has 2 aromatic rings. The Morgan fingerprint density at radius 2 is 1.96 bits per heavy atom. The summed E-state index contributed by atoms with van der Waals surface area (Å²) in [5, 5.41) is 4.94. The second kappa shape index (κ2) is 8.47. The molecule has 0 saturated carbocycles. The smallest absolute Gasteiger partial charge is 0.251 e. The minimum atomic E-state index is -0.547. The van der Waals surface area contributed by atoms with Gasteiger partial charge in [0.15, 0.2) is 0 Å². The molecule has 24 heavy (non-hydrogen) atoms. The molecular weight excluding hydrogens is 326 g/mol. The summed E-state index contributed by atoms with van der Waals surface area (Å²) >= 11 is 1.28. The maximum Gasteiger partial charge on any atom is 0.251 e. The summed E-state index contributed by atoms with van der Waals surface area (Å²) in [7, 11) is 1.86. The fraction of sp³-hybridized carbons (Fsp3) is 0.294. The van der Waals surface area contributed by atoms with Crippen LogP contribution in [0.15, 0.2) is 35.7 Å². The Balaban J connectivity index is 1.87. The predicted molar refractivity (Wildman–Crippen MR) is 95.4 cm³/mol. The molecule has 7 heteroatoms. The summed E-state index contributed by atoms with van der Waals surface area (Å²) < 4.78 is 5.41. The highest BCUT2D eigenvalue weighted by atomic mass is 32.1. The summed E-state index contributed by atoms with van der Waals surface area (Å²) in [5.41, 5.74) is 6.69. The Hall–Kier alpha value is -2.38. The third-order valence-corrected chi connectivity index (χ3v) is 4.11. The summed E-state index contributed by atoms with van der Waals surface area (Å²) in [6.07, 6.45) is 0. The number of amides is 2. The van der Waals surface area contributed by atoms with Gasteiger partial charge >= 0.3 is 0 Å². The van der Waals surface area contributed by atoms with E-state index >= 15 is 0 Å². The largest absolute Gasteiger partial charge is 0.494 e. The Morgan fingerprint density at radius 3 is 2.58 bits per heavy atom. The molecule has 0 saturated heterocycles. The maximum absolute atomic E-state index is 12.1. The van der Waals surface area contributed by atoms with Crippen LogP contribution in [-0.4, -0.2) is 36.9 Å². The van der Waals surface area contributed by atoms with E-state index in [0.717, 1.165) is 11.3 Å². The molecular formula is C17H21N3O3S. The van der Waals surface area contributed by atoms with Crippen LogP contribution < -0.4 is 15.8 Å². The molecule has 0 fully saturated rings. The van der Waals surface area contributed by atoms with Gasteiger partial charge in [0.05, 0.1) is 18.7 Å². The van der Waals surface area contributed by atoms with Crippen LogP contribution in [0.5, 0.6) is 5.75 Å². The number of likely N-dealkylation sites (N-methyl/N-ethyl adjacent to an activating group) is 1. The molecule has 128 valence electrons. The van der Waals surface area contributed by atoms with E-state index in [1.54, 1.807) is 11.4 Å². The number of benzene rings is 1. The third kappa shape index (κ3) is 5.07. The zero-order valence-electron chi connectivity index (χ0n) is 13.7. The molecule has 1 aromatic carbocycles. The highest BCUT2D eigenvalue weighted by molar-refractivity contribution is 7.14. The van der Waals surface area contributed by atoms with Crippen molar-refractivity contribution in [2.45, 2.75) is 13.5 Å². The quantitative estimate of drug-likeness (QED) is 0.767. The summed E-state index contributed by atoms with van der Waals surface area (Å²) in [4.78, 5) is 25.3. The number of rotatable bonds is 8. The number of anilines is 1. The van der Waals surface area contributed by atoms with Gasteiger partial charge in [-0.3, -0.25) is 14.5 Å². The zero-order valence-corrected chi connectivity index (χ0v) is 14.6. The van der Waals surface area contributed by atoms with Gasteiger partial charge in [-0.05, 0) is 43.1 Å². The summed E-state index contributed by atoms with van der Waals surface area (Å²) in [6.45, 7) is 3.42. The lowest BCUT2D eigenvalue weighted by atomic mass is 10.2. The van der Waals surface area contributed by atoms with E-state index in [9.17, 15) is 9.59 Å². The standard InChI is InChI=1S/C17H21N3O3S/c1-3-23-13-6-4-12(5-7-13)10-20(2)11-15(21)19-17-14(16(18)22)8-9-24-17/h4-9H,3,10-11H2,1-2H3,(H2,18,22)(H,19,21). The first-order valence-corrected chi connectivity index (χ1v) is 8.45. The number of carbonyl (C=O) groups is 2. The number of ether oxygens (including phenoxy) is 1. The van der Waals surface area contributed by atoms with Gasteiger partial charge in [0.2, 0.25) is 5.91 Å². The van der Waals surface area contributed by atoms with Gasteiger partial charge in [-0.2, -0.15) is 0 Å². The van der Waals surface area contributed by atoms with E-state index in [2.05, 4.69) is 5.32 Å². The van der Waals surface area contributed by atoms with Crippen LogP contribution >= 0.6 is 11.3 Å². The Kier molecular flexibility index (Phi) is 6.34. The first-order valence-electron chi connectivity index (χ1n) is 7.57. The molecule has 6 nitrogen and oxygen atoms in total. The van der Waals surface area contributed by atoms with E-state index in [0.29, 0.717) is 23.7 Å². The van der Waals surface area contributed by atoms with Crippen LogP contribution in [0, 0.1) is 0 Å². The SMILES string of the molecule is CCOc1ccc(CN(C)CC(=O)Nc2sccc2C(N)=O)cc1. The molecule has 0 bridgehead atoms. The minimum Gasteiger partial charge on any atom is -0.494 e. The molecule has 0 unspecified atom stereocenters. The van der Waals surface area contributed by atoms with Crippen molar-refractivity contribution in [3.05, 3.63) is 46.8 Å². The van der Waals surface area contributed by atoms with Gasteiger partial charge in [-0.25, -0.2) is 0 Å². The minimum absolute atomic E-state index is 0.187. The molecule has 2 amide bonds. The van der Waals surface area contributed by atoms with Gasteiger partial charge < -0.3 is 15.8 Å². The van der Waals surface area contributed by atoms with Gasteiger partial charge in [0.25, 0.3) is 5.91 Å². The molecule has 1 heterocycles. The lowest BCUT2D eigenvalue weighted by Gasteiger charge is -2.16. The number of hydrogen-bond donors (Lipinski definition) is 2. The molecule has 0 aliphatic heterocycles. The van der Waals surface area contributed by atoms with Crippen LogP contribution in [0.3, 0.4) is 0 Å². The van der Waals surface area contributed by atoms with E-state index < -0.39 is 5.91 Å². The molecule has 0 spiro atoms. The Bertz CT molecular complexity index is 697. The second-order valence-electron chi connectivity index (χ2n) is 5.33. The fourth-order valence-corrected chi connectivity index (χ4v) is 3.05. The highest BCUT2D eigenvalue weighted by Gasteiger charge is 2.13. The molecule has 0 aliphatic carbocycles. The van der Waals surface area contributed by atoms with Gasteiger partial charge in [0.1, 0.15) is 10.8 Å². The van der Waals surface area contributed by atoms with Crippen molar-refractivity contribution in [3.63, 3.8) is 0 Å². The predicted octanol–water partition coefficient (Wildman–Crippen LogP) is 2.32. The van der Waals surface area contributed by atoms with Crippen LogP contribution in [0.4, 0.5) is 5.00 Å². The van der Waals surface area contributed by atoms with Crippen LogP contribution in [-0.2, 0) is 11.3 Å². The lowest BCUT2D eigenvalue weighted by molar-refractivity contribution is -0.117. The molecule has 0 aliphatic rings. The average molecular weight is 347 g/mol. The number of nitrogens with two attached hydrogens (primary N) is 1. The fourth-order valence-electron chi connectivity index (χ4n) is 2.24. The number of nitrogens with one attached hydrogen (secondary N) is 1. The zero-order chi connectivity index (χ0) is 17.5. The number of primary amides is 1. The van der Waals surface area contributed by atoms with Crippen LogP contribution in [0.1, 0.15) is 22.8 Å². The van der Waals surface area contributed by atoms with E-state index in [-0.39, 0.29) is 12.5 Å². The maximum atomic E-state index is 12.1. The van der Waals surface area contributed by atoms with Crippen molar-refractivity contribution in [1.29, 1.82) is 0 Å². The molecule has 0 radical (unpaired) electrons. The summed E-state index contributed by atoms with van der Waals surface area (Å²) in [6, 6.07) is 9.38. The lowest BCUT2D eigenvalue weighted by Crippen LogP contribution is -2.30. The van der Waals surface area contributed by atoms with E-state index in [1.165, 1.54) is 11.3 Å². The van der Waals surface area contributed by atoms with E-state index in [1.807, 2.05) is 43.1 Å². The van der Waals surface area contributed by atoms with Crippen molar-refractivity contribution in [3.8, 4) is 5.75 Å². The van der Waals surface area contributed by atoms with Crippen LogP contribution in [0.2, 0.25) is 0 Å². The number of nitrogens with zero attached hydrogens (tertiary/aromatic N) is 1. The molecule has 1 aromatic heterocycles. The van der Waals surface area contributed by atoms with Gasteiger partial charge in [-0.1, -0.05) is 12.1 Å². The molecule has 2 rings (SSSR count). The van der Waals surface area contributed by atoms with Gasteiger partial charge in [0, 0.05) is 6.54 Å². The van der Waals surface area contributed by atoms with E-state index in [4.69, 9.17) is 10.5 Å². The van der Waals surface area contributed by atoms with Crippen molar-refractivity contribution >= 4 is 28.2 Å². The van der Waals surface area contributed by atoms with Crippen LogP contribution in [0.25, 0.3) is 0 Å². The van der Waals surface area contributed by atoms with Crippen molar-refractivity contribution in [2.24, 2.45) is 5.73 Å². The average Bonchev–Trinajstić information content (AvgIpc) is 2.97. The molecule has 3 N–H and O–H groups in total. The number of carbonyl (C=O) groups excluding carboxylic acids is 2. The number of hydrogen-bond acceptors (Lipinski definition) is 5. The normalized spacial score (nSPS) is 10.6. The first-order chi connectivity index (χ1) is 11.5. The molecule has 0 atom stereocenters. The highest BCUT2D eigenvalue weighted by Crippen LogP contribution is 2.22. The van der Waals surface area contributed by atoms with Crippen molar-refractivity contribution in [2.75, 3.05) is 25.5 Å².